The molecule has 1 aliphatic carbocycles. The average molecular weight is 249 g/mol. The first-order valence-electron chi connectivity index (χ1n) is 6.81. The van der Waals surface area contributed by atoms with Crippen LogP contribution in [0.5, 0.6) is 5.75 Å². The molecule has 0 spiro atoms. The van der Waals surface area contributed by atoms with Crippen LogP contribution in [0.25, 0.3) is 0 Å². The van der Waals surface area contributed by atoms with Gasteiger partial charge in [0.15, 0.2) is 0 Å². The van der Waals surface area contributed by atoms with Crippen LogP contribution in [0.15, 0.2) is 18.2 Å². The highest BCUT2D eigenvalue weighted by Gasteiger charge is 2.21. The van der Waals surface area contributed by atoms with Crippen molar-refractivity contribution in [2.75, 3.05) is 6.54 Å². The molecule has 0 aromatic heterocycles. The fourth-order valence-electron chi connectivity index (χ4n) is 2.50. The zero-order valence-electron chi connectivity index (χ0n) is 11.2. The predicted molar refractivity (Wildman–Crippen MR) is 72.6 cm³/mol. The van der Waals surface area contributed by atoms with Crippen LogP contribution in [0.3, 0.4) is 0 Å². The Bertz CT molecular complexity index is 403. The molecule has 0 radical (unpaired) electrons. The van der Waals surface area contributed by atoms with Gasteiger partial charge in [0.25, 0.3) is 0 Å². The van der Waals surface area contributed by atoms with E-state index in [1.165, 1.54) is 11.1 Å². The molecule has 1 aromatic rings. The average Bonchev–Trinajstić information content (AvgIpc) is 2.35. The number of hydrogen-bond donors (Lipinski definition) is 3. The highest BCUT2D eigenvalue weighted by molar-refractivity contribution is 5.38. The van der Waals surface area contributed by atoms with Crippen LogP contribution in [0.4, 0.5) is 0 Å². The van der Waals surface area contributed by atoms with Gasteiger partial charge < -0.3 is 15.5 Å². The van der Waals surface area contributed by atoms with E-state index in [0.29, 0.717) is 12.3 Å². The lowest BCUT2D eigenvalue weighted by atomic mass is 9.87. The number of nitrogens with one attached hydrogen (secondary N) is 1. The van der Waals surface area contributed by atoms with Gasteiger partial charge in [-0.15, -0.1) is 0 Å². The molecule has 2 unspecified atom stereocenters. The number of benzene rings is 1. The van der Waals surface area contributed by atoms with Crippen molar-refractivity contribution in [2.24, 2.45) is 5.92 Å². The molecule has 2 rings (SSSR count). The molecule has 3 nitrogen and oxygen atoms in total. The van der Waals surface area contributed by atoms with E-state index in [0.717, 1.165) is 19.3 Å². The molecule has 3 N–H and O–H groups in total. The quantitative estimate of drug-likeness (QED) is 0.768. The summed E-state index contributed by atoms with van der Waals surface area (Å²) in [7, 11) is 0. The topological polar surface area (TPSA) is 52.5 Å². The summed E-state index contributed by atoms with van der Waals surface area (Å²) in [6.07, 6.45) is 3.00. The molecular formula is C15H23NO2. The van der Waals surface area contributed by atoms with Crippen molar-refractivity contribution in [1.29, 1.82) is 0 Å². The van der Waals surface area contributed by atoms with Crippen molar-refractivity contribution in [2.45, 2.75) is 45.3 Å². The molecule has 0 bridgehead atoms. The van der Waals surface area contributed by atoms with Crippen LogP contribution in [-0.4, -0.2) is 22.9 Å². The summed E-state index contributed by atoms with van der Waals surface area (Å²) in [5, 5.41) is 22.9. The summed E-state index contributed by atoms with van der Waals surface area (Å²) in [6, 6.07) is 5.88. The van der Waals surface area contributed by atoms with E-state index in [1.807, 2.05) is 26.0 Å². The van der Waals surface area contributed by atoms with Crippen molar-refractivity contribution in [3.8, 4) is 5.75 Å². The Labute approximate surface area is 109 Å². The lowest BCUT2D eigenvalue weighted by molar-refractivity contribution is 0.119. The summed E-state index contributed by atoms with van der Waals surface area (Å²) in [5.74, 6) is 0.594. The zero-order chi connectivity index (χ0) is 13.1. The highest BCUT2D eigenvalue weighted by Crippen LogP contribution is 2.32. The Morgan fingerprint density at radius 2 is 2.17 bits per heavy atom. The largest absolute Gasteiger partial charge is 0.508 e. The number of phenols is 1. The molecule has 0 heterocycles. The van der Waals surface area contributed by atoms with E-state index in [9.17, 15) is 10.2 Å². The lowest BCUT2D eigenvalue weighted by Crippen LogP contribution is -2.34. The molecule has 18 heavy (non-hydrogen) atoms. The molecule has 0 saturated heterocycles. The van der Waals surface area contributed by atoms with Gasteiger partial charge in [-0.25, -0.2) is 0 Å². The van der Waals surface area contributed by atoms with Gasteiger partial charge in [-0.3, -0.25) is 0 Å². The van der Waals surface area contributed by atoms with E-state index in [1.54, 1.807) is 6.07 Å². The summed E-state index contributed by atoms with van der Waals surface area (Å²) in [4.78, 5) is 0. The van der Waals surface area contributed by atoms with Crippen LogP contribution in [0.2, 0.25) is 0 Å². The van der Waals surface area contributed by atoms with E-state index in [4.69, 9.17) is 0 Å². The molecule has 1 aromatic carbocycles. The van der Waals surface area contributed by atoms with Crippen LogP contribution < -0.4 is 5.32 Å². The molecule has 1 aliphatic rings. The number of aliphatic hydroxyl groups excluding tert-OH is 1. The number of aromatic hydroxyl groups is 1. The van der Waals surface area contributed by atoms with Crippen molar-refractivity contribution in [3.63, 3.8) is 0 Å². The summed E-state index contributed by atoms with van der Waals surface area (Å²) >= 11 is 0. The minimum absolute atomic E-state index is 0.259. The monoisotopic (exact) mass is 249 g/mol. The highest BCUT2D eigenvalue weighted by atomic mass is 16.3. The van der Waals surface area contributed by atoms with Crippen molar-refractivity contribution in [3.05, 3.63) is 29.3 Å². The molecule has 0 saturated carbocycles. The number of aliphatic hydroxyl groups is 1. The Morgan fingerprint density at radius 1 is 1.39 bits per heavy atom. The third-order valence-corrected chi connectivity index (χ3v) is 3.79. The van der Waals surface area contributed by atoms with Crippen molar-refractivity contribution in [1.82, 2.24) is 5.32 Å². The number of fused-ring (bicyclic) bond motifs is 1. The lowest BCUT2D eigenvalue weighted by Gasteiger charge is -2.28. The minimum Gasteiger partial charge on any atom is -0.508 e. The van der Waals surface area contributed by atoms with Gasteiger partial charge in [-0.2, -0.15) is 0 Å². The molecule has 100 valence electrons. The van der Waals surface area contributed by atoms with E-state index in [2.05, 4.69) is 5.32 Å². The van der Waals surface area contributed by atoms with Gasteiger partial charge >= 0.3 is 0 Å². The van der Waals surface area contributed by atoms with Gasteiger partial charge in [0.05, 0.1) is 6.10 Å². The third-order valence-electron chi connectivity index (χ3n) is 3.79. The molecule has 3 heteroatoms. The van der Waals surface area contributed by atoms with Gasteiger partial charge in [-0.05, 0) is 48.4 Å². The summed E-state index contributed by atoms with van der Waals surface area (Å²) in [6.45, 7) is 4.65. The fourth-order valence-corrected chi connectivity index (χ4v) is 2.50. The molecule has 0 aliphatic heterocycles. The molecule has 0 amide bonds. The number of phenolic OH excluding ortho intramolecular Hbond substituents is 1. The normalized spacial score (nSPS) is 20.8. The van der Waals surface area contributed by atoms with E-state index in [-0.39, 0.29) is 18.1 Å². The van der Waals surface area contributed by atoms with Crippen molar-refractivity contribution < 1.29 is 10.2 Å². The standard InChI is InChI=1S/C15H23NO2/c1-10(2)15(18)9-16-14-5-3-4-11-6-7-12(17)8-13(11)14/h6-8,10,14-18H,3-5,9H2,1-2H3. The van der Waals surface area contributed by atoms with Gasteiger partial charge in [0.2, 0.25) is 0 Å². The van der Waals surface area contributed by atoms with E-state index >= 15 is 0 Å². The van der Waals surface area contributed by atoms with Gasteiger partial charge in [-0.1, -0.05) is 19.9 Å². The summed E-state index contributed by atoms with van der Waals surface area (Å²) < 4.78 is 0. The van der Waals surface area contributed by atoms with Crippen LogP contribution in [-0.2, 0) is 6.42 Å². The van der Waals surface area contributed by atoms with Crippen molar-refractivity contribution >= 4 is 0 Å². The zero-order valence-corrected chi connectivity index (χ0v) is 11.2. The molecule has 0 fully saturated rings. The first-order chi connectivity index (χ1) is 8.58. The smallest absolute Gasteiger partial charge is 0.115 e. The van der Waals surface area contributed by atoms with Gasteiger partial charge in [0.1, 0.15) is 5.75 Å². The molecule has 2 atom stereocenters. The maximum Gasteiger partial charge on any atom is 0.115 e. The second kappa shape index (κ2) is 5.72. The van der Waals surface area contributed by atoms with Crippen LogP contribution >= 0.6 is 0 Å². The van der Waals surface area contributed by atoms with Gasteiger partial charge in [0, 0.05) is 12.6 Å². The first-order valence-corrected chi connectivity index (χ1v) is 6.81. The Hall–Kier alpha value is -1.06. The third kappa shape index (κ3) is 3.03. The molecular weight excluding hydrogens is 226 g/mol. The number of hydrogen-bond acceptors (Lipinski definition) is 3. The summed E-state index contributed by atoms with van der Waals surface area (Å²) in [5.41, 5.74) is 2.51. The second-order valence-corrected chi connectivity index (χ2v) is 5.55. The number of rotatable bonds is 4. The minimum atomic E-state index is -0.312. The van der Waals surface area contributed by atoms with E-state index < -0.39 is 0 Å². The SMILES string of the molecule is CC(C)C(O)CNC1CCCc2ccc(O)cc21. The Balaban J connectivity index is 2.05. The van der Waals surface area contributed by atoms with Crippen LogP contribution in [0.1, 0.15) is 43.9 Å². The fraction of sp³-hybridized carbons (Fsp3) is 0.600. The van der Waals surface area contributed by atoms with Crippen LogP contribution in [0, 0.1) is 5.92 Å². The Morgan fingerprint density at radius 3 is 2.89 bits per heavy atom. The predicted octanol–water partition coefficient (Wildman–Crippen LogP) is 2.38. The second-order valence-electron chi connectivity index (χ2n) is 5.55. The first kappa shape index (κ1) is 13.4. The number of aryl methyl sites for hydroxylation is 1. The maximum absolute atomic E-state index is 9.85. The Kier molecular flexibility index (Phi) is 4.25. The maximum atomic E-state index is 9.85.